The zero-order chi connectivity index (χ0) is 31.2. The molecule has 0 amide bonds. The standard InChI is InChI=1S/C20H34O2.C19H32O2/c1-5-14(4)18(21)22-20(6-2,7-3)19-11-15-8-16(12-19)10-17(9-15)13-19;1-5-13(3)17(20)21-18(4,6-2)19-10-14-7-15(11-19)9-16(8-14)12-19/h14-17H,5-13H2,1-4H3;13-16H,5-12H2,1-4H3. The van der Waals surface area contributed by atoms with E-state index in [0.29, 0.717) is 0 Å². The summed E-state index contributed by atoms with van der Waals surface area (Å²) in [6, 6.07) is 0. The Bertz CT molecular complexity index is 923. The topological polar surface area (TPSA) is 52.6 Å². The van der Waals surface area contributed by atoms with E-state index in [-0.39, 0.29) is 45.8 Å². The average Bonchev–Trinajstić information content (AvgIpc) is 2.97. The van der Waals surface area contributed by atoms with Crippen molar-refractivity contribution in [2.45, 2.75) is 176 Å². The van der Waals surface area contributed by atoms with Crippen molar-refractivity contribution in [2.24, 2.45) is 58.2 Å². The maximum Gasteiger partial charge on any atom is 0.309 e. The first-order chi connectivity index (χ1) is 20.4. The molecule has 8 bridgehead atoms. The first-order valence-corrected chi connectivity index (χ1v) is 18.8. The molecule has 246 valence electrons. The molecule has 0 heterocycles. The summed E-state index contributed by atoms with van der Waals surface area (Å²) < 4.78 is 12.5. The molecule has 0 aliphatic heterocycles. The van der Waals surface area contributed by atoms with Crippen molar-refractivity contribution in [1.82, 2.24) is 0 Å². The van der Waals surface area contributed by atoms with Crippen molar-refractivity contribution in [3.05, 3.63) is 0 Å². The predicted octanol–water partition coefficient (Wildman–Crippen LogP) is 10.3. The van der Waals surface area contributed by atoms with E-state index in [9.17, 15) is 9.59 Å². The van der Waals surface area contributed by atoms with Gasteiger partial charge in [0.05, 0.1) is 11.8 Å². The van der Waals surface area contributed by atoms with Crippen LogP contribution >= 0.6 is 0 Å². The van der Waals surface area contributed by atoms with Gasteiger partial charge in [0.15, 0.2) is 0 Å². The maximum atomic E-state index is 12.6. The Balaban J connectivity index is 0.000000171. The minimum absolute atomic E-state index is 0.0256. The van der Waals surface area contributed by atoms with Crippen LogP contribution in [0, 0.1) is 58.2 Å². The molecule has 0 aromatic rings. The Morgan fingerprint density at radius 3 is 1.21 bits per heavy atom. The second-order valence-corrected chi connectivity index (χ2v) is 17.1. The molecule has 3 atom stereocenters. The fraction of sp³-hybridized carbons (Fsp3) is 0.949. The van der Waals surface area contributed by atoms with E-state index in [0.717, 1.165) is 67.6 Å². The molecule has 0 aromatic carbocycles. The number of hydrogen-bond acceptors (Lipinski definition) is 4. The normalized spacial score (nSPS) is 39.8. The van der Waals surface area contributed by atoms with Gasteiger partial charge in [-0.2, -0.15) is 0 Å². The Hall–Kier alpha value is -1.06. The molecule has 0 N–H and O–H groups in total. The first kappa shape index (κ1) is 33.3. The van der Waals surface area contributed by atoms with Crippen LogP contribution in [0.4, 0.5) is 0 Å². The summed E-state index contributed by atoms with van der Waals surface area (Å²) in [6.07, 6.45) is 21.2. The Labute approximate surface area is 264 Å². The van der Waals surface area contributed by atoms with E-state index in [4.69, 9.17) is 9.47 Å². The third-order valence-electron chi connectivity index (χ3n) is 14.6. The SMILES string of the molecule is CCC(C)C(=O)OC(C)(CC)C12CC3CC(CC(C3)C1)C2.CCC(C)C(=O)OC(CC)(CC)C12CC3CC(CC(C3)C1)C2. The van der Waals surface area contributed by atoms with E-state index in [1.54, 1.807) is 0 Å². The second kappa shape index (κ2) is 12.6. The van der Waals surface area contributed by atoms with Crippen LogP contribution in [0.15, 0.2) is 0 Å². The highest BCUT2D eigenvalue weighted by Crippen LogP contribution is 2.66. The van der Waals surface area contributed by atoms with Crippen LogP contribution in [0.2, 0.25) is 0 Å². The molecule has 8 saturated carbocycles. The molecule has 4 nitrogen and oxygen atoms in total. The molecule has 0 saturated heterocycles. The van der Waals surface area contributed by atoms with Gasteiger partial charge in [-0.3, -0.25) is 9.59 Å². The number of ether oxygens (including phenoxy) is 2. The molecule has 8 fully saturated rings. The van der Waals surface area contributed by atoms with E-state index < -0.39 is 0 Å². The van der Waals surface area contributed by atoms with Gasteiger partial charge in [-0.25, -0.2) is 0 Å². The van der Waals surface area contributed by atoms with Crippen molar-refractivity contribution in [3.8, 4) is 0 Å². The minimum Gasteiger partial charge on any atom is -0.459 e. The van der Waals surface area contributed by atoms with Gasteiger partial charge in [0.25, 0.3) is 0 Å². The van der Waals surface area contributed by atoms with Gasteiger partial charge in [-0.05, 0) is 152 Å². The average molecular weight is 599 g/mol. The van der Waals surface area contributed by atoms with E-state index in [1.807, 2.05) is 13.8 Å². The van der Waals surface area contributed by atoms with E-state index >= 15 is 0 Å². The third kappa shape index (κ3) is 5.97. The fourth-order valence-electron chi connectivity index (χ4n) is 12.2. The zero-order valence-corrected chi connectivity index (χ0v) is 29.3. The lowest BCUT2D eigenvalue weighted by Gasteiger charge is -2.63. The monoisotopic (exact) mass is 598 g/mol. The Kier molecular flexibility index (Phi) is 9.77. The highest BCUT2D eigenvalue weighted by atomic mass is 16.6. The molecule has 0 aromatic heterocycles. The second-order valence-electron chi connectivity index (χ2n) is 17.1. The molecule has 8 aliphatic carbocycles. The molecule has 8 rings (SSSR count). The van der Waals surface area contributed by atoms with Crippen molar-refractivity contribution >= 4 is 11.9 Å². The highest BCUT2D eigenvalue weighted by Gasteiger charge is 2.62. The molecule has 4 heteroatoms. The van der Waals surface area contributed by atoms with Crippen molar-refractivity contribution in [3.63, 3.8) is 0 Å². The first-order valence-electron chi connectivity index (χ1n) is 18.8. The van der Waals surface area contributed by atoms with Crippen LogP contribution in [-0.2, 0) is 19.1 Å². The zero-order valence-electron chi connectivity index (χ0n) is 29.3. The lowest BCUT2D eigenvalue weighted by atomic mass is 9.44. The number of carbonyl (C=O) groups is 2. The van der Waals surface area contributed by atoms with Crippen molar-refractivity contribution in [2.75, 3.05) is 0 Å². The summed E-state index contributed by atoms with van der Waals surface area (Å²) in [6.45, 7) is 17.1. The molecule has 43 heavy (non-hydrogen) atoms. The van der Waals surface area contributed by atoms with Gasteiger partial charge < -0.3 is 9.47 Å². The van der Waals surface area contributed by atoms with Crippen molar-refractivity contribution < 1.29 is 19.1 Å². The van der Waals surface area contributed by atoms with Gasteiger partial charge in [-0.15, -0.1) is 0 Å². The Morgan fingerprint density at radius 1 is 0.581 bits per heavy atom. The van der Waals surface area contributed by atoms with Gasteiger partial charge in [-0.1, -0.05) is 48.5 Å². The predicted molar refractivity (Wildman–Crippen MR) is 174 cm³/mol. The lowest BCUT2D eigenvalue weighted by molar-refractivity contribution is -0.215. The molecule has 8 aliphatic rings. The molecule has 0 spiro atoms. The highest BCUT2D eigenvalue weighted by molar-refractivity contribution is 5.73. The molecule has 3 unspecified atom stereocenters. The maximum absolute atomic E-state index is 12.6. The van der Waals surface area contributed by atoms with E-state index in [1.165, 1.54) is 77.0 Å². The molecular formula is C39H66O4. The van der Waals surface area contributed by atoms with Gasteiger partial charge in [0.2, 0.25) is 0 Å². The van der Waals surface area contributed by atoms with E-state index in [2.05, 4.69) is 41.5 Å². The minimum atomic E-state index is -0.247. The summed E-state index contributed by atoms with van der Waals surface area (Å²) in [5.74, 6) is 5.58. The third-order valence-corrected chi connectivity index (χ3v) is 14.6. The quantitative estimate of drug-likeness (QED) is 0.222. The lowest BCUT2D eigenvalue weighted by Crippen LogP contribution is -2.59. The van der Waals surface area contributed by atoms with Gasteiger partial charge in [0, 0.05) is 10.8 Å². The Morgan fingerprint density at radius 2 is 0.907 bits per heavy atom. The number of hydrogen-bond donors (Lipinski definition) is 0. The summed E-state index contributed by atoms with van der Waals surface area (Å²) in [5.41, 5.74) is 0.112. The van der Waals surface area contributed by atoms with Gasteiger partial charge >= 0.3 is 11.9 Å². The number of carbonyl (C=O) groups excluding carboxylic acids is 2. The van der Waals surface area contributed by atoms with Crippen LogP contribution in [0.3, 0.4) is 0 Å². The van der Waals surface area contributed by atoms with Crippen LogP contribution in [-0.4, -0.2) is 23.1 Å². The van der Waals surface area contributed by atoms with Crippen LogP contribution in [0.5, 0.6) is 0 Å². The summed E-state index contributed by atoms with van der Waals surface area (Å²) in [4.78, 5) is 25.0. The summed E-state index contributed by atoms with van der Waals surface area (Å²) >= 11 is 0. The van der Waals surface area contributed by atoms with Crippen molar-refractivity contribution in [1.29, 1.82) is 0 Å². The smallest absolute Gasteiger partial charge is 0.309 e. The molecule has 0 radical (unpaired) electrons. The number of esters is 2. The number of rotatable bonds is 11. The van der Waals surface area contributed by atoms with Crippen LogP contribution in [0.25, 0.3) is 0 Å². The largest absolute Gasteiger partial charge is 0.459 e. The molecular weight excluding hydrogens is 532 g/mol. The van der Waals surface area contributed by atoms with Crippen LogP contribution in [0.1, 0.15) is 165 Å². The van der Waals surface area contributed by atoms with Gasteiger partial charge in [0.1, 0.15) is 11.2 Å². The van der Waals surface area contributed by atoms with Crippen LogP contribution < -0.4 is 0 Å². The summed E-state index contributed by atoms with van der Waals surface area (Å²) in [5, 5.41) is 0. The summed E-state index contributed by atoms with van der Waals surface area (Å²) in [7, 11) is 0. The fourth-order valence-corrected chi connectivity index (χ4v) is 12.2.